The molecule has 20 heavy (non-hydrogen) atoms. The third kappa shape index (κ3) is 3.28. The fourth-order valence-corrected chi connectivity index (χ4v) is 2.45. The number of nitrogens with one attached hydrogen (secondary N) is 1. The van der Waals surface area contributed by atoms with Crippen LogP contribution in [0.15, 0.2) is 36.5 Å². The topological polar surface area (TPSA) is 60.2 Å². The fraction of sp³-hybridized carbons (Fsp3) is 0.267. The van der Waals surface area contributed by atoms with Crippen molar-refractivity contribution in [3.05, 3.63) is 58.2 Å². The number of nitrogens with two attached hydrogens (primary N) is 1. The SMILES string of the molecule is COc1ncccc1C(Cc1ccc(C)cc1Cl)NN. The summed E-state index contributed by atoms with van der Waals surface area (Å²) >= 11 is 6.28. The molecule has 0 bridgehead atoms. The van der Waals surface area contributed by atoms with Crippen LogP contribution in [-0.2, 0) is 6.42 Å². The van der Waals surface area contributed by atoms with Gasteiger partial charge in [0.2, 0.25) is 5.88 Å². The minimum Gasteiger partial charge on any atom is -0.481 e. The molecule has 0 spiro atoms. The first-order valence-electron chi connectivity index (χ1n) is 6.35. The molecule has 2 rings (SSSR count). The van der Waals surface area contributed by atoms with E-state index in [1.165, 1.54) is 0 Å². The first-order valence-corrected chi connectivity index (χ1v) is 6.73. The molecule has 0 aliphatic heterocycles. The molecule has 1 unspecified atom stereocenters. The highest BCUT2D eigenvalue weighted by Crippen LogP contribution is 2.28. The monoisotopic (exact) mass is 291 g/mol. The second kappa shape index (κ2) is 6.70. The Bertz CT molecular complexity index is 589. The van der Waals surface area contributed by atoms with Crippen molar-refractivity contribution in [2.75, 3.05) is 7.11 Å². The number of hydrazine groups is 1. The van der Waals surface area contributed by atoms with E-state index >= 15 is 0 Å². The maximum atomic E-state index is 6.28. The lowest BCUT2D eigenvalue weighted by Crippen LogP contribution is -2.30. The van der Waals surface area contributed by atoms with E-state index < -0.39 is 0 Å². The van der Waals surface area contributed by atoms with Crippen molar-refractivity contribution in [3.8, 4) is 5.88 Å². The molecule has 0 fully saturated rings. The molecule has 5 heteroatoms. The molecule has 0 saturated heterocycles. The smallest absolute Gasteiger partial charge is 0.217 e. The van der Waals surface area contributed by atoms with Crippen LogP contribution < -0.4 is 16.0 Å². The number of aryl methyl sites for hydroxylation is 1. The second-order valence-corrected chi connectivity index (χ2v) is 5.03. The van der Waals surface area contributed by atoms with Crippen LogP contribution in [0.4, 0.5) is 0 Å². The van der Waals surface area contributed by atoms with Crippen molar-refractivity contribution in [1.82, 2.24) is 10.4 Å². The molecule has 1 heterocycles. The molecule has 1 aromatic heterocycles. The number of hydrogen-bond donors (Lipinski definition) is 2. The van der Waals surface area contributed by atoms with E-state index in [1.807, 2.05) is 37.3 Å². The zero-order valence-electron chi connectivity index (χ0n) is 11.6. The van der Waals surface area contributed by atoms with E-state index in [-0.39, 0.29) is 6.04 Å². The van der Waals surface area contributed by atoms with Crippen LogP contribution in [0.3, 0.4) is 0 Å². The number of hydrogen-bond acceptors (Lipinski definition) is 4. The first kappa shape index (κ1) is 14.8. The lowest BCUT2D eigenvalue weighted by Gasteiger charge is -2.19. The number of halogens is 1. The summed E-state index contributed by atoms with van der Waals surface area (Å²) in [5.74, 6) is 6.25. The van der Waals surface area contributed by atoms with Crippen LogP contribution in [0.5, 0.6) is 5.88 Å². The number of methoxy groups -OCH3 is 1. The van der Waals surface area contributed by atoms with Gasteiger partial charge in [-0.25, -0.2) is 4.98 Å². The standard InChI is InChI=1S/C15H18ClN3O/c1-10-5-6-11(13(16)8-10)9-14(19-17)12-4-3-7-18-15(12)20-2/h3-8,14,19H,9,17H2,1-2H3. The van der Waals surface area contributed by atoms with Crippen LogP contribution in [0.25, 0.3) is 0 Å². The Kier molecular flexibility index (Phi) is 4.95. The van der Waals surface area contributed by atoms with Gasteiger partial charge in [0, 0.05) is 16.8 Å². The Morgan fingerprint density at radius 2 is 2.20 bits per heavy atom. The predicted molar refractivity (Wildman–Crippen MR) is 80.7 cm³/mol. The third-order valence-corrected chi connectivity index (χ3v) is 3.55. The van der Waals surface area contributed by atoms with E-state index in [2.05, 4.69) is 10.4 Å². The van der Waals surface area contributed by atoms with Gasteiger partial charge in [-0.2, -0.15) is 0 Å². The Morgan fingerprint density at radius 3 is 2.85 bits per heavy atom. The molecule has 4 nitrogen and oxygen atoms in total. The number of rotatable bonds is 5. The second-order valence-electron chi connectivity index (χ2n) is 4.62. The van der Waals surface area contributed by atoms with Crippen LogP contribution in [-0.4, -0.2) is 12.1 Å². The largest absolute Gasteiger partial charge is 0.481 e. The van der Waals surface area contributed by atoms with E-state index in [0.717, 1.165) is 21.7 Å². The third-order valence-electron chi connectivity index (χ3n) is 3.20. The molecule has 3 N–H and O–H groups in total. The van der Waals surface area contributed by atoms with Gasteiger partial charge < -0.3 is 4.74 Å². The maximum Gasteiger partial charge on any atom is 0.217 e. The first-order chi connectivity index (χ1) is 9.65. The lowest BCUT2D eigenvalue weighted by molar-refractivity contribution is 0.382. The minimum absolute atomic E-state index is 0.112. The van der Waals surface area contributed by atoms with E-state index in [1.54, 1.807) is 13.3 Å². The molecule has 0 saturated carbocycles. The van der Waals surface area contributed by atoms with Gasteiger partial charge in [-0.1, -0.05) is 29.8 Å². The molecule has 0 radical (unpaired) electrons. The summed E-state index contributed by atoms with van der Waals surface area (Å²) in [6.45, 7) is 2.01. The average molecular weight is 292 g/mol. The fourth-order valence-electron chi connectivity index (χ4n) is 2.14. The number of nitrogens with zero attached hydrogens (tertiary/aromatic N) is 1. The molecule has 106 valence electrons. The number of pyridine rings is 1. The maximum absolute atomic E-state index is 6.28. The van der Waals surface area contributed by atoms with Crippen molar-refractivity contribution in [2.24, 2.45) is 5.84 Å². The molecular formula is C15H18ClN3O. The van der Waals surface area contributed by atoms with Gasteiger partial charge in [0.1, 0.15) is 0 Å². The van der Waals surface area contributed by atoms with Gasteiger partial charge >= 0.3 is 0 Å². The Labute approximate surface area is 123 Å². The van der Waals surface area contributed by atoms with Crippen molar-refractivity contribution >= 4 is 11.6 Å². The van der Waals surface area contributed by atoms with Gasteiger partial charge in [-0.3, -0.25) is 11.3 Å². The molecular weight excluding hydrogens is 274 g/mol. The van der Waals surface area contributed by atoms with E-state index in [9.17, 15) is 0 Å². The lowest BCUT2D eigenvalue weighted by atomic mass is 9.99. The van der Waals surface area contributed by atoms with Gasteiger partial charge in [0.05, 0.1) is 13.2 Å². The van der Waals surface area contributed by atoms with Crippen LogP contribution in [0.2, 0.25) is 5.02 Å². The zero-order chi connectivity index (χ0) is 14.5. The molecule has 0 amide bonds. The summed E-state index contributed by atoms with van der Waals surface area (Å²) in [5.41, 5.74) is 5.88. The Balaban J connectivity index is 2.29. The number of ether oxygens (including phenoxy) is 1. The molecule has 0 aliphatic carbocycles. The normalized spacial score (nSPS) is 12.2. The van der Waals surface area contributed by atoms with Gasteiger partial charge in [0.15, 0.2) is 0 Å². The van der Waals surface area contributed by atoms with Crippen molar-refractivity contribution in [3.63, 3.8) is 0 Å². The Morgan fingerprint density at radius 1 is 1.40 bits per heavy atom. The minimum atomic E-state index is -0.112. The van der Waals surface area contributed by atoms with Gasteiger partial charge in [0.25, 0.3) is 0 Å². The van der Waals surface area contributed by atoms with Crippen LogP contribution >= 0.6 is 11.6 Å². The summed E-state index contributed by atoms with van der Waals surface area (Å²) < 4.78 is 5.28. The summed E-state index contributed by atoms with van der Waals surface area (Å²) in [5, 5.41) is 0.744. The molecule has 2 aromatic rings. The highest BCUT2D eigenvalue weighted by Gasteiger charge is 2.17. The van der Waals surface area contributed by atoms with Crippen molar-refractivity contribution in [2.45, 2.75) is 19.4 Å². The van der Waals surface area contributed by atoms with Gasteiger partial charge in [-0.05, 0) is 36.6 Å². The summed E-state index contributed by atoms with van der Waals surface area (Å²) in [4.78, 5) is 4.19. The highest BCUT2D eigenvalue weighted by molar-refractivity contribution is 6.31. The zero-order valence-corrected chi connectivity index (χ0v) is 12.3. The summed E-state index contributed by atoms with van der Waals surface area (Å²) in [7, 11) is 1.60. The van der Waals surface area contributed by atoms with Gasteiger partial charge in [-0.15, -0.1) is 0 Å². The predicted octanol–water partition coefficient (Wildman–Crippen LogP) is 2.80. The average Bonchev–Trinajstić information content (AvgIpc) is 2.46. The number of benzene rings is 1. The number of aromatic nitrogens is 1. The van der Waals surface area contributed by atoms with Crippen LogP contribution in [0, 0.1) is 6.92 Å². The Hall–Kier alpha value is -1.62. The summed E-state index contributed by atoms with van der Waals surface area (Å²) in [6, 6.07) is 9.70. The molecule has 1 aromatic carbocycles. The van der Waals surface area contributed by atoms with E-state index in [4.69, 9.17) is 22.2 Å². The quantitative estimate of drug-likeness (QED) is 0.657. The summed E-state index contributed by atoms with van der Waals surface area (Å²) in [6.07, 6.45) is 2.35. The molecule has 1 atom stereocenters. The van der Waals surface area contributed by atoms with E-state index in [0.29, 0.717) is 12.3 Å². The highest BCUT2D eigenvalue weighted by atomic mass is 35.5. The van der Waals surface area contributed by atoms with Crippen molar-refractivity contribution < 1.29 is 4.74 Å². The molecule has 0 aliphatic rings. The van der Waals surface area contributed by atoms with Crippen molar-refractivity contribution in [1.29, 1.82) is 0 Å². The van der Waals surface area contributed by atoms with Crippen LogP contribution in [0.1, 0.15) is 22.7 Å².